The van der Waals surface area contributed by atoms with Crippen LogP contribution in [-0.2, 0) is 0 Å². The van der Waals surface area contributed by atoms with Gasteiger partial charge in [0, 0.05) is 66.2 Å². The number of aromatic nitrogens is 7. The molecule has 0 radical (unpaired) electrons. The maximum absolute atomic E-state index is 6.39. The zero-order chi connectivity index (χ0) is 63.0. The van der Waals surface area contributed by atoms with Crippen LogP contribution < -0.4 is 4.90 Å². The highest BCUT2D eigenvalue weighted by Crippen LogP contribution is 2.51. The molecule has 0 saturated carbocycles. The molecule has 0 saturated heterocycles. The molecule has 2 aliphatic rings. The molecule has 0 fully saturated rings. The van der Waals surface area contributed by atoms with Crippen LogP contribution in [0.4, 0.5) is 11.6 Å². The van der Waals surface area contributed by atoms with Crippen molar-refractivity contribution in [3.8, 4) is 84.9 Å². The van der Waals surface area contributed by atoms with Crippen molar-refractivity contribution in [3.63, 3.8) is 0 Å². The molecule has 13 aromatic carbocycles. The fourth-order valence-electron chi connectivity index (χ4n) is 14.9. The standard InChI is InChI=1S/C86H52N8O2/c1-3-15-63-57(13-1)42-46-73-79(63)68-19-5-9-21-71(68)93(73)85-89-81(87-83(91-85)61-44-48-77-70(49-61)66-18-8-12-24-76(66)95-77)59-37-33-55(34-38-59)53-29-25-51(26-30-53)52-27-31-54(32-28-52)56-35-39-60(40-36-56)82-88-84(62-41-45-67-65-17-7-11-23-75(65)96-78(67)50-62)92-86(90-82)94-72-22-10-6-20-69(72)80-64-16-4-2-14-58(64)43-47-74(80)94/h1-50,73,79H. The average Bonchev–Trinajstić information content (AvgIpc) is 1.84. The lowest BCUT2D eigenvalue weighted by Crippen LogP contribution is -2.32. The molecule has 18 aromatic rings. The summed E-state index contributed by atoms with van der Waals surface area (Å²) in [7, 11) is 0. The molecule has 96 heavy (non-hydrogen) atoms. The van der Waals surface area contributed by atoms with Gasteiger partial charge in [-0.2, -0.15) is 19.9 Å². The van der Waals surface area contributed by atoms with E-state index < -0.39 is 0 Å². The summed E-state index contributed by atoms with van der Waals surface area (Å²) >= 11 is 0. The van der Waals surface area contributed by atoms with Gasteiger partial charge in [0.1, 0.15) is 22.3 Å². The highest BCUT2D eigenvalue weighted by Gasteiger charge is 2.42. The van der Waals surface area contributed by atoms with Crippen LogP contribution >= 0.6 is 0 Å². The summed E-state index contributed by atoms with van der Waals surface area (Å²) in [6.07, 6.45) is 4.54. The highest BCUT2D eigenvalue weighted by molar-refractivity contribution is 6.21. The molecular weight excluding hydrogens is 1180 g/mol. The van der Waals surface area contributed by atoms with Crippen molar-refractivity contribution < 1.29 is 8.83 Å². The number of anilines is 2. The fourth-order valence-corrected chi connectivity index (χ4v) is 14.9. The largest absolute Gasteiger partial charge is 0.456 e. The van der Waals surface area contributed by atoms with Gasteiger partial charge in [0.25, 0.3) is 0 Å². The number of rotatable bonds is 9. The summed E-state index contributed by atoms with van der Waals surface area (Å²) < 4.78 is 14.8. The zero-order valence-electron chi connectivity index (χ0n) is 51.4. The predicted molar refractivity (Wildman–Crippen MR) is 387 cm³/mol. The van der Waals surface area contributed by atoms with Crippen molar-refractivity contribution in [2.75, 3.05) is 4.90 Å². The topological polar surface area (TPSA) is 112 Å². The van der Waals surface area contributed by atoms with Gasteiger partial charge in [0.2, 0.25) is 11.9 Å². The molecule has 1 aliphatic heterocycles. The van der Waals surface area contributed by atoms with E-state index in [9.17, 15) is 0 Å². The van der Waals surface area contributed by atoms with Gasteiger partial charge >= 0.3 is 0 Å². The number of para-hydroxylation sites is 4. The SMILES string of the molecule is C1=CC2C(c3ccccc31)c1ccccc1N2c1nc(-c2ccc(-c3ccc(-c4ccc(-c5ccc(-c6nc(-c7ccc8c(c7)oc7ccccc78)nc(-n7c8ccccc8c8c9ccccc9ccc87)n6)cc5)cc4)cc3)cc2)nc(-c2ccc3oc4ccccc4c3c2)n1. The molecular formula is C86H52N8O2. The molecule has 1 aliphatic carbocycles. The Hall–Kier alpha value is -12.9. The Kier molecular flexibility index (Phi) is 11.9. The van der Waals surface area contributed by atoms with Crippen LogP contribution in [-0.4, -0.2) is 40.5 Å². The Morgan fingerprint density at radius 1 is 0.292 bits per heavy atom. The van der Waals surface area contributed by atoms with E-state index in [4.69, 9.17) is 38.7 Å². The first kappa shape index (κ1) is 53.7. The Balaban J connectivity index is 0.599. The molecule has 448 valence electrons. The van der Waals surface area contributed by atoms with Crippen molar-refractivity contribution in [2.24, 2.45) is 0 Å². The van der Waals surface area contributed by atoms with Crippen LogP contribution in [0, 0.1) is 0 Å². The molecule has 10 nitrogen and oxygen atoms in total. The molecule has 0 amide bonds. The van der Waals surface area contributed by atoms with E-state index in [0.717, 1.165) is 127 Å². The van der Waals surface area contributed by atoms with Crippen molar-refractivity contribution in [3.05, 3.63) is 314 Å². The lowest BCUT2D eigenvalue weighted by atomic mass is 9.81. The quantitative estimate of drug-likeness (QED) is 0.139. The van der Waals surface area contributed by atoms with E-state index in [1.165, 1.54) is 27.5 Å². The average molecular weight is 1230 g/mol. The lowest BCUT2D eigenvalue weighted by molar-refractivity contribution is 0.668. The van der Waals surface area contributed by atoms with Gasteiger partial charge in [-0.05, 0) is 122 Å². The molecule has 2 atom stereocenters. The van der Waals surface area contributed by atoms with Crippen molar-refractivity contribution >= 4 is 94.2 Å². The molecule has 0 N–H and O–H groups in total. The van der Waals surface area contributed by atoms with Gasteiger partial charge < -0.3 is 13.7 Å². The van der Waals surface area contributed by atoms with Crippen LogP contribution in [0.2, 0.25) is 0 Å². The summed E-state index contributed by atoms with van der Waals surface area (Å²) in [5.74, 6) is 3.57. The normalized spacial score (nSPS) is 14.2. The van der Waals surface area contributed by atoms with E-state index >= 15 is 0 Å². The molecule has 6 heterocycles. The molecule has 0 spiro atoms. The lowest BCUT2D eigenvalue weighted by Gasteiger charge is -2.30. The molecule has 0 bridgehead atoms. The molecule has 2 unspecified atom stereocenters. The van der Waals surface area contributed by atoms with Crippen LogP contribution in [0.25, 0.3) is 167 Å². The van der Waals surface area contributed by atoms with Crippen LogP contribution in [0.1, 0.15) is 22.6 Å². The number of fused-ring (bicyclic) bond motifs is 16. The van der Waals surface area contributed by atoms with Gasteiger partial charge in [-0.15, -0.1) is 0 Å². The second-order valence-electron chi connectivity index (χ2n) is 24.9. The minimum atomic E-state index is -0.0255. The van der Waals surface area contributed by atoms with Gasteiger partial charge in [-0.1, -0.05) is 243 Å². The van der Waals surface area contributed by atoms with E-state index in [-0.39, 0.29) is 12.0 Å². The Bertz CT molecular complexity index is 6230. The van der Waals surface area contributed by atoms with Gasteiger partial charge in [0.15, 0.2) is 23.3 Å². The monoisotopic (exact) mass is 1230 g/mol. The molecule has 5 aromatic heterocycles. The first-order valence-corrected chi connectivity index (χ1v) is 32.4. The van der Waals surface area contributed by atoms with Crippen LogP contribution in [0.5, 0.6) is 0 Å². The Morgan fingerprint density at radius 2 is 0.750 bits per heavy atom. The fraction of sp³-hybridized carbons (Fsp3) is 0.0233. The minimum Gasteiger partial charge on any atom is -0.456 e. The number of benzene rings is 13. The minimum absolute atomic E-state index is 0.0255. The van der Waals surface area contributed by atoms with Gasteiger partial charge in [-0.3, -0.25) is 4.57 Å². The summed E-state index contributed by atoms with van der Waals surface area (Å²) in [6.45, 7) is 0. The highest BCUT2D eigenvalue weighted by atomic mass is 16.3. The second-order valence-corrected chi connectivity index (χ2v) is 24.9. The van der Waals surface area contributed by atoms with Crippen molar-refractivity contribution in [1.29, 1.82) is 0 Å². The van der Waals surface area contributed by atoms with Gasteiger partial charge in [-0.25, -0.2) is 9.97 Å². The number of hydrogen-bond donors (Lipinski definition) is 0. The maximum atomic E-state index is 6.39. The van der Waals surface area contributed by atoms with E-state index in [0.29, 0.717) is 35.2 Å². The van der Waals surface area contributed by atoms with E-state index in [2.05, 4.69) is 264 Å². The maximum Gasteiger partial charge on any atom is 0.238 e. The first-order chi connectivity index (χ1) is 47.5. The summed E-state index contributed by atoms with van der Waals surface area (Å²) in [6, 6.07) is 102. The second kappa shape index (κ2) is 21.3. The number of furan rings is 2. The third-order valence-corrected chi connectivity index (χ3v) is 19.5. The van der Waals surface area contributed by atoms with Crippen LogP contribution in [0.15, 0.2) is 306 Å². The third-order valence-electron chi connectivity index (χ3n) is 19.5. The summed E-state index contributed by atoms with van der Waals surface area (Å²) in [5, 5.41) is 8.84. The van der Waals surface area contributed by atoms with Crippen molar-refractivity contribution in [1.82, 2.24) is 34.5 Å². The first-order valence-electron chi connectivity index (χ1n) is 32.4. The predicted octanol–water partition coefficient (Wildman–Crippen LogP) is 21.5. The third kappa shape index (κ3) is 8.66. The Labute approximate surface area is 550 Å². The van der Waals surface area contributed by atoms with Crippen molar-refractivity contribution in [2.45, 2.75) is 12.0 Å². The zero-order valence-corrected chi connectivity index (χ0v) is 51.4. The molecule has 20 rings (SSSR count). The Morgan fingerprint density at radius 3 is 1.41 bits per heavy atom. The number of nitrogens with zero attached hydrogens (tertiary/aromatic N) is 8. The number of hydrogen-bond acceptors (Lipinski definition) is 9. The van der Waals surface area contributed by atoms with Crippen LogP contribution in [0.3, 0.4) is 0 Å². The smallest absolute Gasteiger partial charge is 0.238 e. The summed E-state index contributed by atoms with van der Waals surface area (Å²) in [5.41, 5.74) is 20.3. The van der Waals surface area contributed by atoms with E-state index in [1.54, 1.807) is 0 Å². The summed E-state index contributed by atoms with van der Waals surface area (Å²) in [4.78, 5) is 34.0. The van der Waals surface area contributed by atoms with E-state index in [1.807, 2.05) is 48.5 Å². The molecule has 10 heteroatoms. The van der Waals surface area contributed by atoms with Gasteiger partial charge in [0.05, 0.1) is 17.1 Å².